The Morgan fingerprint density at radius 3 is 1.05 bits per heavy atom. The van der Waals surface area contributed by atoms with Crippen LogP contribution in [0.3, 0.4) is 0 Å². The molecule has 0 aliphatic carbocycles. The van der Waals surface area contributed by atoms with Crippen molar-refractivity contribution in [1.82, 2.24) is 20.9 Å². The van der Waals surface area contributed by atoms with Crippen LogP contribution in [0.25, 0.3) is 0 Å². The van der Waals surface area contributed by atoms with Crippen molar-refractivity contribution in [3.05, 3.63) is 106 Å². The topological polar surface area (TPSA) is 122 Å². The molecule has 3 aromatic carbocycles. The molecule has 12 N–H and O–H groups in total. The molecule has 0 aliphatic rings. The highest BCUT2D eigenvalue weighted by Crippen LogP contribution is 2.05. The van der Waals surface area contributed by atoms with Crippen LogP contribution in [0.5, 0.6) is 0 Å². The van der Waals surface area contributed by atoms with Crippen LogP contribution in [0.2, 0.25) is 0 Å². The summed E-state index contributed by atoms with van der Waals surface area (Å²) in [5, 5.41) is 10.9. The van der Waals surface area contributed by atoms with E-state index < -0.39 is 0 Å². The van der Waals surface area contributed by atoms with Gasteiger partial charge in [-0.3, -0.25) is 4.90 Å². The summed E-state index contributed by atoms with van der Waals surface area (Å²) < 4.78 is 0. The Hall–Kier alpha value is -2.62. The number of quaternary nitrogens is 3. The summed E-state index contributed by atoms with van der Waals surface area (Å²) in [7, 11) is 0. The highest BCUT2D eigenvalue weighted by atomic mass is 15.2. The lowest BCUT2D eigenvalue weighted by molar-refractivity contribution is -0.386. The van der Waals surface area contributed by atoms with Crippen molar-refractivity contribution in [2.24, 2.45) is 0 Å². The van der Waals surface area contributed by atoms with Crippen LogP contribution < -0.4 is 33.2 Å². The summed E-state index contributed by atoms with van der Waals surface area (Å²) in [6.07, 6.45) is 0. The van der Waals surface area contributed by atoms with E-state index in [9.17, 15) is 0 Å². The predicted molar refractivity (Wildman–Crippen MR) is 151 cm³/mol. The summed E-state index contributed by atoms with van der Waals surface area (Å²) in [5.41, 5.74) is 19.8. The van der Waals surface area contributed by atoms with Crippen molar-refractivity contribution >= 4 is 0 Å². The first-order valence-electron chi connectivity index (χ1n) is 13.7. The highest BCUT2D eigenvalue weighted by Gasteiger charge is 2.06. The minimum atomic E-state index is 0.834. The molecule has 0 heterocycles. The molecule has 0 saturated heterocycles. The lowest BCUT2D eigenvalue weighted by atomic mass is 10.1. The molecular weight excluding hydrogens is 458 g/mol. The number of benzene rings is 3. The van der Waals surface area contributed by atoms with E-state index in [1.807, 2.05) is 0 Å². The van der Waals surface area contributed by atoms with Gasteiger partial charge in [0.05, 0.1) is 19.6 Å². The third-order valence-corrected chi connectivity index (χ3v) is 6.64. The summed E-state index contributed by atoms with van der Waals surface area (Å²) in [6.45, 7) is 11.1. The SMILES string of the molecule is [NH3+]Cc1cccc(CNCCN(CCNCc2cccc(C[NH3+])c2)CCNCc2cccc(C[NH3+])c2)c1. The lowest BCUT2D eigenvalue weighted by Crippen LogP contribution is -2.47. The van der Waals surface area contributed by atoms with Crippen LogP contribution in [0.1, 0.15) is 33.4 Å². The van der Waals surface area contributed by atoms with Crippen molar-refractivity contribution in [3.8, 4) is 0 Å². The molecule has 0 radical (unpaired) electrons. The Bertz CT molecular complexity index is 908. The maximum absolute atomic E-state index is 4.00. The minimum Gasteiger partial charge on any atom is -0.354 e. The van der Waals surface area contributed by atoms with Gasteiger partial charge in [0.1, 0.15) is 0 Å². The Labute approximate surface area is 222 Å². The van der Waals surface area contributed by atoms with E-state index >= 15 is 0 Å². The zero-order valence-corrected chi connectivity index (χ0v) is 22.5. The smallest absolute Gasteiger partial charge is 0.0997 e. The van der Waals surface area contributed by atoms with Gasteiger partial charge in [-0.15, -0.1) is 0 Å². The molecule has 3 aromatic rings. The second-order valence-corrected chi connectivity index (χ2v) is 9.58. The molecular formula is C30H48N7+3. The van der Waals surface area contributed by atoms with Gasteiger partial charge in [-0.1, -0.05) is 54.6 Å². The molecule has 7 heteroatoms. The largest absolute Gasteiger partial charge is 0.354 e. The van der Waals surface area contributed by atoms with Gasteiger partial charge in [0.2, 0.25) is 0 Å². The average molecular weight is 507 g/mol. The third kappa shape index (κ3) is 11.1. The Kier molecular flexibility index (Phi) is 13.3. The van der Waals surface area contributed by atoms with Gasteiger partial charge in [0, 0.05) is 75.6 Å². The summed E-state index contributed by atoms with van der Waals surface area (Å²) in [6, 6.07) is 26.1. The molecule has 37 heavy (non-hydrogen) atoms. The second kappa shape index (κ2) is 17.0. The lowest BCUT2D eigenvalue weighted by Gasteiger charge is -2.23. The first-order valence-corrected chi connectivity index (χ1v) is 13.7. The standard InChI is InChI=1S/C30H45N7/c31-19-25-4-1-7-28(16-25)22-34-10-13-37(14-11-35-23-29-8-2-5-26(17-29)20-32)15-12-36-24-30-9-3-6-27(18-30)21-33/h1-9,16-18,34-36H,10-15,19-24,31-33H2/p+3. The zero-order valence-electron chi connectivity index (χ0n) is 22.5. The first kappa shape index (κ1) is 28.9. The predicted octanol–water partition coefficient (Wildman–Crippen LogP) is -0.116. The van der Waals surface area contributed by atoms with Crippen LogP contribution in [0.15, 0.2) is 72.8 Å². The minimum absolute atomic E-state index is 0.834. The van der Waals surface area contributed by atoms with Crippen LogP contribution in [0.4, 0.5) is 0 Å². The molecule has 0 amide bonds. The van der Waals surface area contributed by atoms with E-state index in [1.165, 1.54) is 33.4 Å². The van der Waals surface area contributed by atoms with E-state index in [1.54, 1.807) is 0 Å². The zero-order chi connectivity index (χ0) is 26.1. The van der Waals surface area contributed by atoms with E-state index in [0.29, 0.717) is 0 Å². The molecule has 0 fully saturated rings. The maximum Gasteiger partial charge on any atom is 0.0997 e. The van der Waals surface area contributed by atoms with Gasteiger partial charge in [0.25, 0.3) is 0 Å². The molecule has 200 valence electrons. The first-order chi connectivity index (χ1) is 18.2. The molecule has 7 nitrogen and oxygen atoms in total. The Morgan fingerprint density at radius 1 is 0.459 bits per heavy atom. The number of nitrogens with zero attached hydrogens (tertiary/aromatic N) is 1. The molecule has 0 aromatic heterocycles. The molecule has 0 bridgehead atoms. The van der Waals surface area contributed by atoms with E-state index in [-0.39, 0.29) is 0 Å². The van der Waals surface area contributed by atoms with Crippen LogP contribution in [0, 0.1) is 0 Å². The van der Waals surface area contributed by atoms with Gasteiger partial charge in [-0.25, -0.2) is 0 Å². The normalized spacial score (nSPS) is 11.4. The fourth-order valence-electron chi connectivity index (χ4n) is 4.43. The van der Waals surface area contributed by atoms with Gasteiger partial charge < -0.3 is 33.2 Å². The molecule has 3 rings (SSSR count). The Balaban J connectivity index is 1.43. The molecule has 0 aliphatic heterocycles. The number of hydrogen-bond acceptors (Lipinski definition) is 4. The van der Waals surface area contributed by atoms with Crippen LogP contribution in [-0.4, -0.2) is 44.2 Å². The van der Waals surface area contributed by atoms with Crippen molar-refractivity contribution < 1.29 is 17.2 Å². The monoisotopic (exact) mass is 506 g/mol. The van der Waals surface area contributed by atoms with Crippen molar-refractivity contribution in [2.75, 3.05) is 39.3 Å². The quantitative estimate of drug-likeness (QED) is 0.135. The average Bonchev–Trinajstić information content (AvgIpc) is 2.95. The van der Waals surface area contributed by atoms with E-state index in [2.05, 4.69) is 111 Å². The van der Waals surface area contributed by atoms with Crippen LogP contribution >= 0.6 is 0 Å². The summed E-state index contributed by atoms with van der Waals surface area (Å²) in [4.78, 5) is 2.54. The highest BCUT2D eigenvalue weighted by molar-refractivity contribution is 5.24. The molecule has 0 saturated carbocycles. The van der Waals surface area contributed by atoms with Gasteiger partial charge >= 0.3 is 0 Å². The van der Waals surface area contributed by atoms with Crippen LogP contribution in [-0.2, 0) is 39.3 Å². The maximum atomic E-state index is 4.00. The number of nitrogens with one attached hydrogen (secondary N) is 3. The summed E-state index contributed by atoms with van der Waals surface area (Å²) >= 11 is 0. The molecule has 0 unspecified atom stereocenters. The van der Waals surface area contributed by atoms with Gasteiger partial charge in [-0.05, 0) is 34.9 Å². The van der Waals surface area contributed by atoms with E-state index in [0.717, 1.165) is 78.5 Å². The molecule has 0 atom stereocenters. The fourth-order valence-corrected chi connectivity index (χ4v) is 4.43. The van der Waals surface area contributed by atoms with Crippen molar-refractivity contribution in [2.45, 2.75) is 39.3 Å². The Morgan fingerprint density at radius 2 is 0.757 bits per heavy atom. The molecule has 0 spiro atoms. The van der Waals surface area contributed by atoms with Crippen molar-refractivity contribution in [1.29, 1.82) is 0 Å². The third-order valence-electron chi connectivity index (χ3n) is 6.64. The second-order valence-electron chi connectivity index (χ2n) is 9.58. The summed E-state index contributed by atoms with van der Waals surface area (Å²) in [5.74, 6) is 0. The van der Waals surface area contributed by atoms with E-state index in [4.69, 9.17) is 0 Å². The van der Waals surface area contributed by atoms with Gasteiger partial charge in [0.15, 0.2) is 0 Å². The van der Waals surface area contributed by atoms with Crippen molar-refractivity contribution in [3.63, 3.8) is 0 Å². The number of rotatable bonds is 18. The number of hydrogen-bond donors (Lipinski definition) is 6. The van der Waals surface area contributed by atoms with Gasteiger partial charge in [-0.2, -0.15) is 0 Å². The fraction of sp³-hybridized carbons (Fsp3) is 0.400.